The fourth-order valence-electron chi connectivity index (χ4n) is 5.20. The third-order valence-corrected chi connectivity index (χ3v) is 8.34. The molecule has 2 saturated heterocycles. The number of ether oxygens (including phenoxy) is 1. The number of pyridine rings is 1. The second-order valence-corrected chi connectivity index (χ2v) is 12.2. The van der Waals surface area contributed by atoms with Crippen LogP contribution in [0, 0.1) is 0 Å². The minimum absolute atomic E-state index is 0.0991. The zero-order chi connectivity index (χ0) is 26.5. The summed E-state index contributed by atoms with van der Waals surface area (Å²) in [7, 11) is -9.89. The summed E-state index contributed by atoms with van der Waals surface area (Å²) in [6, 6.07) is 3.06. The van der Waals surface area contributed by atoms with Crippen molar-refractivity contribution in [3.63, 3.8) is 0 Å². The number of amides is 1. The summed E-state index contributed by atoms with van der Waals surface area (Å²) in [4.78, 5) is 25.2. The van der Waals surface area contributed by atoms with Crippen LogP contribution >= 0.6 is 10.2 Å². The minimum Gasteiger partial charge on any atom is -0.398 e. The maximum Gasteiger partial charge on any atom is 0.310 e. The van der Waals surface area contributed by atoms with Crippen LogP contribution < -0.4 is 5.73 Å². The summed E-state index contributed by atoms with van der Waals surface area (Å²) in [5.41, 5.74) is 7.36. The van der Waals surface area contributed by atoms with Gasteiger partial charge in [0, 0.05) is 44.1 Å². The van der Waals surface area contributed by atoms with Gasteiger partial charge in [0.2, 0.25) is 0 Å². The number of nitrogens with zero attached hydrogens (tertiary/aromatic N) is 3. The summed E-state index contributed by atoms with van der Waals surface area (Å²) in [5, 5.41) is 0. The molecule has 7 nitrogen and oxygen atoms in total. The van der Waals surface area contributed by atoms with E-state index in [-0.39, 0.29) is 29.5 Å². The lowest BCUT2D eigenvalue weighted by Gasteiger charge is -2.40. The normalized spacial score (nSPS) is 21.9. The fourth-order valence-corrected chi connectivity index (χ4v) is 5.87. The number of hydrogen-bond donors (Lipinski definition) is 2. The van der Waals surface area contributed by atoms with Gasteiger partial charge in [-0.2, -0.15) is 0 Å². The molecule has 2 aliphatic heterocycles. The Hall–Kier alpha value is -2.93. The SMILES string of the molecule is Nc1cc(S(F)(F)(F)(F)F)ccc1C(=O)N1CCCC(c2ccnc3[nH]c(C4CCOCC4)nc23)CC1. The molecule has 37 heavy (non-hydrogen) atoms. The molecule has 3 aromatic rings. The summed E-state index contributed by atoms with van der Waals surface area (Å²) in [6.07, 6.45) is 5.55. The predicted octanol–water partition coefficient (Wildman–Crippen LogP) is 6.50. The number of rotatable bonds is 4. The van der Waals surface area contributed by atoms with E-state index in [1.54, 1.807) is 6.20 Å². The first-order valence-electron chi connectivity index (χ1n) is 12.2. The van der Waals surface area contributed by atoms with Gasteiger partial charge in [-0.3, -0.25) is 4.79 Å². The Morgan fingerprint density at radius 3 is 2.49 bits per heavy atom. The zero-order valence-electron chi connectivity index (χ0n) is 19.9. The number of H-pyrrole nitrogens is 1. The van der Waals surface area contributed by atoms with Gasteiger partial charge in [0.15, 0.2) is 5.65 Å². The molecule has 3 N–H and O–H groups in total. The molecule has 1 unspecified atom stereocenters. The highest BCUT2D eigenvalue weighted by atomic mass is 32.5. The highest BCUT2D eigenvalue weighted by molar-refractivity contribution is 8.45. The van der Waals surface area contributed by atoms with E-state index in [1.807, 2.05) is 6.07 Å². The van der Waals surface area contributed by atoms with Crippen molar-refractivity contribution in [3.05, 3.63) is 47.4 Å². The fraction of sp³-hybridized carbons (Fsp3) is 0.458. The third kappa shape index (κ3) is 5.37. The van der Waals surface area contributed by atoms with Gasteiger partial charge in [-0.05, 0) is 67.9 Å². The number of nitrogens with two attached hydrogens (primary N) is 1. The molecular formula is C24H28F5N5O2S. The quantitative estimate of drug-likeness (QED) is 0.288. The molecule has 0 saturated carbocycles. The lowest BCUT2D eigenvalue weighted by molar-refractivity contribution is 0.0762. The van der Waals surface area contributed by atoms with Crippen LogP contribution in [-0.2, 0) is 4.74 Å². The lowest BCUT2D eigenvalue weighted by atomic mass is 9.92. The van der Waals surface area contributed by atoms with Gasteiger partial charge in [-0.15, -0.1) is 0 Å². The van der Waals surface area contributed by atoms with Crippen molar-refractivity contribution >= 4 is 33.0 Å². The van der Waals surface area contributed by atoms with E-state index in [2.05, 4.69) is 9.97 Å². The smallest absolute Gasteiger partial charge is 0.310 e. The van der Waals surface area contributed by atoms with Crippen molar-refractivity contribution in [2.45, 2.75) is 48.8 Å². The van der Waals surface area contributed by atoms with E-state index < -0.39 is 26.7 Å². The Kier molecular flexibility index (Phi) is 5.94. The average molecular weight is 546 g/mol. The molecule has 2 aromatic heterocycles. The second-order valence-electron chi connectivity index (χ2n) is 9.74. The monoisotopic (exact) mass is 545 g/mol. The van der Waals surface area contributed by atoms with E-state index in [9.17, 15) is 24.2 Å². The summed E-state index contributed by atoms with van der Waals surface area (Å²) in [5.74, 6) is 0.707. The molecule has 5 rings (SSSR count). The highest BCUT2D eigenvalue weighted by Gasteiger charge is 2.65. The van der Waals surface area contributed by atoms with Crippen LogP contribution in [0.3, 0.4) is 0 Å². The number of aromatic amines is 1. The van der Waals surface area contributed by atoms with Crippen LogP contribution in [0.15, 0.2) is 35.4 Å². The van der Waals surface area contributed by atoms with Crippen LogP contribution in [0.2, 0.25) is 0 Å². The summed E-state index contributed by atoms with van der Waals surface area (Å²) >= 11 is 0. The molecule has 202 valence electrons. The number of nitrogen functional groups attached to an aromatic ring is 1. The summed E-state index contributed by atoms with van der Waals surface area (Å²) < 4.78 is 71.1. The van der Waals surface area contributed by atoms with E-state index in [0.717, 1.165) is 42.2 Å². The maximum absolute atomic E-state index is 13.1. The molecule has 0 bridgehead atoms. The zero-order valence-corrected chi connectivity index (χ0v) is 20.8. The Bertz CT molecular complexity index is 1340. The molecule has 2 fully saturated rings. The number of benzene rings is 1. The predicted molar refractivity (Wildman–Crippen MR) is 131 cm³/mol. The van der Waals surface area contributed by atoms with Gasteiger partial charge in [0.1, 0.15) is 16.2 Å². The molecule has 1 atom stereocenters. The van der Waals surface area contributed by atoms with Gasteiger partial charge in [-0.1, -0.05) is 19.4 Å². The minimum atomic E-state index is -9.89. The van der Waals surface area contributed by atoms with Crippen molar-refractivity contribution in [1.29, 1.82) is 0 Å². The maximum atomic E-state index is 13.1. The number of likely N-dealkylation sites (tertiary alicyclic amines) is 1. The number of carbonyl (C=O) groups is 1. The molecule has 0 aliphatic carbocycles. The van der Waals surface area contributed by atoms with E-state index in [4.69, 9.17) is 15.5 Å². The first kappa shape index (κ1) is 25.7. The molecule has 1 aromatic carbocycles. The van der Waals surface area contributed by atoms with Gasteiger partial charge in [0.25, 0.3) is 5.91 Å². The van der Waals surface area contributed by atoms with Crippen LogP contribution in [0.5, 0.6) is 0 Å². The molecule has 0 spiro atoms. The van der Waals surface area contributed by atoms with Crippen molar-refractivity contribution in [2.24, 2.45) is 0 Å². The number of nitrogens with one attached hydrogen (secondary N) is 1. The number of carbonyl (C=O) groups excluding carboxylic acids is 1. The van der Waals surface area contributed by atoms with Crippen molar-refractivity contribution in [3.8, 4) is 0 Å². The standard InChI is InChI=1S/C24H28F5N5O2S/c25-37(26,27,28,29)17-3-4-19(20(30)14-17)24(35)34-10-1-2-15(6-11-34)18-5-9-31-23-21(18)32-22(33-23)16-7-12-36-13-8-16/h3-5,9,14-16H,1-2,6-8,10-13,30H2,(H,31,32,33). The first-order chi connectivity index (χ1) is 17.3. The number of imidazole rings is 1. The topological polar surface area (TPSA) is 97.1 Å². The van der Waals surface area contributed by atoms with E-state index >= 15 is 0 Å². The number of hydrogen-bond acceptors (Lipinski definition) is 5. The summed E-state index contributed by atoms with van der Waals surface area (Å²) in [6.45, 7) is 2.11. The number of halogens is 5. The van der Waals surface area contributed by atoms with Crippen LogP contribution in [0.4, 0.5) is 25.1 Å². The van der Waals surface area contributed by atoms with Crippen molar-refractivity contribution in [1.82, 2.24) is 19.9 Å². The Labute approximate surface area is 210 Å². The molecule has 1 amide bonds. The van der Waals surface area contributed by atoms with Crippen LogP contribution in [-0.4, -0.2) is 52.1 Å². The Balaban J connectivity index is 1.33. The Morgan fingerprint density at radius 1 is 1.03 bits per heavy atom. The van der Waals surface area contributed by atoms with Crippen molar-refractivity contribution in [2.75, 3.05) is 32.0 Å². The number of fused-ring (bicyclic) bond motifs is 1. The largest absolute Gasteiger partial charge is 0.398 e. The van der Waals surface area contributed by atoms with Gasteiger partial charge in [-0.25, -0.2) is 9.97 Å². The van der Waals surface area contributed by atoms with Crippen LogP contribution in [0.25, 0.3) is 11.2 Å². The van der Waals surface area contributed by atoms with Gasteiger partial charge >= 0.3 is 10.2 Å². The molecule has 4 heterocycles. The second kappa shape index (κ2) is 8.55. The van der Waals surface area contributed by atoms with Crippen LogP contribution in [0.1, 0.15) is 65.7 Å². The average Bonchev–Trinajstić information content (AvgIpc) is 3.13. The van der Waals surface area contributed by atoms with Gasteiger partial charge < -0.3 is 20.4 Å². The van der Waals surface area contributed by atoms with Crippen molar-refractivity contribution < 1.29 is 29.0 Å². The Morgan fingerprint density at radius 2 is 1.78 bits per heavy atom. The first-order valence-corrected chi connectivity index (χ1v) is 14.1. The molecular weight excluding hydrogens is 517 g/mol. The van der Waals surface area contributed by atoms with E-state index in [1.165, 1.54) is 4.90 Å². The van der Waals surface area contributed by atoms with E-state index in [0.29, 0.717) is 44.8 Å². The molecule has 2 aliphatic rings. The number of aromatic nitrogens is 3. The highest BCUT2D eigenvalue weighted by Crippen LogP contribution is 3.02. The lowest BCUT2D eigenvalue weighted by Crippen LogP contribution is -2.32. The molecule has 0 radical (unpaired) electrons. The molecule has 13 heteroatoms. The number of anilines is 1. The third-order valence-electron chi connectivity index (χ3n) is 7.20. The van der Waals surface area contributed by atoms with Gasteiger partial charge in [0.05, 0.1) is 5.56 Å².